The number of halogens is 4. The average Bonchev–Trinajstić information content (AvgIpc) is 4.47. The Kier molecular flexibility index (Phi) is 39.8. The van der Waals surface area contributed by atoms with Crippen LogP contribution in [0, 0.1) is 47.5 Å². The number of carbonyl (C=O) groups excluding carboxylic acids is 6. The lowest BCUT2D eigenvalue weighted by Gasteiger charge is -2.26. The number of rotatable bonds is 26. The van der Waals surface area contributed by atoms with Crippen molar-refractivity contribution in [1.29, 1.82) is 0 Å². The highest BCUT2D eigenvalue weighted by Crippen LogP contribution is 2.30. The molecule has 89 heavy (non-hydrogen) atoms. The summed E-state index contributed by atoms with van der Waals surface area (Å²) in [5.41, 5.74) is 4.73. The lowest BCUT2D eigenvalue weighted by Crippen LogP contribution is -2.36. The van der Waals surface area contributed by atoms with Crippen molar-refractivity contribution in [3.8, 4) is 0 Å². The van der Waals surface area contributed by atoms with Gasteiger partial charge in [0.25, 0.3) is 0 Å². The second kappa shape index (κ2) is 44.6. The number of Topliss-reactive ketones (excluding diaryl/α,β-unsaturated/α-hetero) is 6. The second-order valence-corrected chi connectivity index (χ2v) is 29.2. The molecule has 0 unspecified atom stereocenters. The van der Waals surface area contributed by atoms with Gasteiger partial charge in [0.15, 0.2) is 34.7 Å². The number of nitrogens with zero attached hydrogens (tertiary/aromatic N) is 2. The van der Waals surface area contributed by atoms with Gasteiger partial charge in [0.2, 0.25) is 0 Å². The van der Waals surface area contributed by atoms with Gasteiger partial charge in [-0.3, -0.25) is 33.7 Å². The minimum atomic E-state index is -4.25. The van der Waals surface area contributed by atoms with Gasteiger partial charge in [0.05, 0.1) is 19.6 Å². The van der Waals surface area contributed by atoms with Crippen molar-refractivity contribution in [3.63, 3.8) is 0 Å². The van der Waals surface area contributed by atoms with E-state index in [-0.39, 0.29) is 30.6 Å². The molecule has 1 aliphatic carbocycles. The largest absolute Gasteiger partial charge is 0.389 e. The van der Waals surface area contributed by atoms with E-state index in [1.165, 1.54) is 103 Å². The van der Waals surface area contributed by atoms with Crippen LogP contribution in [-0.4, -0.2) is 131 Å². The van der Waals surface area contributed by atoms with Gasteiger partial charge in [-0.15, -0.1) is 80.4 Å². The highest BCUT2D eigenvalue weighted by Gasteiger charge is 2.28. The van der Waals surface area contributed by atoms with Crippen molar-refractivity contribution >= 4 is 115 Å². The number of ketones is 6. The Hall–Kier alpha value is -3.90. The maximum atomic E-state index is 11.9. The van der Waals surface area contributed by atoms with Crippen molar-refractivity contribution < 1.29 is 56.1 Å². The first-order valence-electron chi connectivity index (χ1n) is 30.7. The molecule has 0 spiro atoms. The number of hydrogen-bond donors (Lipinski definition) is 0. The Morgan fingerprint density at radius 1 is 0.461 bits per heavy atom. The summed E-state index contributed by atoms with van der Waals surface area (Å²) in [5, 5.41) is 11.3. The summed E-state index contributed by atoms with van der Waals surface area (Å²) in [6.45, 7) is 21.4. The van der Waals surface area contributed by atoms with E-state index in [4.69, 9.17) is 14.2 Å². The molecule has 0 radical (unpaired) electrons. The lowest BCUT2D eigenvalue weighted by atomic mass is 9.98. The van der Waals surface area contributed by atoms with Crippen molar-refractivity contribution in [1.82, 2.24) is 9.80 Å². The topological polar surface area (TPSA) is 137 Å². The van der Waals surface area contributed by atoms with Crippen LogP contribution in [0.25, 0.3) is 0 Å². The van der Waals surface area contributed by atoms with Crippen molar-refractivity contribution in [2.45, 2.75) is 163 Å². The van der Waals surface area contributed by atoms with Gasteiger partial charge in [-0.2, -0.15) is 13.2 Å². The van der Waals surface area contributed by atoms with Crippen LogP contribution in [0.2, 0.25) is 0 Å². The van der Waals surface area contributed by atoms with E-state index in [9.17, 15) is 41.9 Å². The molecule has 6 aromatic heterocycles. The summed E-state index contributed by atoms with van der Waals surface area (Å²) in [4.78, 5) is 81.4. The summed E-state index contributed by atoms with van der Waals surface area (Å²) >= 11 is 9.55. The number of ether oxygens (including phenoxy) is 3. The molecule has 3 fully saturated rings. The molecular formula is C68H94ClF3N2O9S6. The summed E-state index contributed by atoms with van der Waals surface area (Å²) < 4.78 is 50.3. The SMILES string of the molecule is COCC(=O)c1csc(C)c1.COCCCC(=O)c1csc(C)c1.Cc1cc(C(=O)CC2CCCC2)cs1.Cc1cc(C(=O)CCC(F)(F)F)cs1.Cc1cc(C(=O)CCCCN2CCCCC2)cs1.Cc1cc(C(=O)CCCCN2CCOCC2)cs1.Cl. The standard InChI is InChI=1S/C15H23NOS.C14H21NO2S.C12H16OS.C10H14O2S.C9H9F3OS.C8H10O2S.ClH/c1-13-11-14(12-18-13)15(17)7-3-6-10-16-8-4-2-5-9-16;1-12-10-13(11-18-12)14(16)4-2-3-5-15-6-8-17-9-7-15;1-9-6-11(8-14-9)12(13)7-10-4-2-3-5-10;1-8-6-9(7-13-8)10(11)4-3-5-12-2;1-6-4-7(5-14-6)8(13)2-3-9(10,11)12;1-6-3-7(5-11-6)8(9)4-10-2;/h11-12H,2-10H2,1H3;10-11H,2-9H2,1H3;6,8,10H,2-5,7H2,1H3;6-7H,3-5H2,1-2H3;4-5H,2-3H2,1H3;3,5H,4H2,1-2H3;1H. The van der Waals surface area contributed by atoms with Crippen molar-refractivity contribution in [2.24, 2.45) is 5.92 Å². The van der Waals surface area contributed by atoms with Crippen LogP contribution in [0.4, 0.5) is 13.2 Å². The fourth-order valence-corrected chi connectivity index (χ4v) is 14.1. The van der Waals surface area contributed by atoms with Crippen molar-refractivity contribution in [2.75, 3.05) is 79.9 Å². The molecule has 2 saturated heterocycles. The molecule has 11 nitrogen and oxygen atoms in total. The van der Waals surface area contributed by atoms with Gasteiger partial charge in [-0.1, -0.05) is 32.1 Å². The average molecular weight is 1370 g/mol. The van der Waals surface area contributed by atoms with Crippen molar-refractivity contribution in [3.05, 3.63) is 131 Å². The molecule has 494 valence electrons. The Balaban J connectivity index is 0.000000281. The van der Waals surface area contributed by atoms with Crippen LogP contribution in [0.5, 0.6) is 0 Å². The maximum Gasteiger partial charge on any atom is 0.389 e. The zero-order chi connectivity index (χ0) is 64.3. The molecule has 8 heterocycles. The Labute approximate surface area is 557 Å². The van der Waals surface area contributed by atoms with E-state index in [2.05, 4.69) is 23.6 Å². The second-order valence-electron chi connectivity index (χ2n) is 22.5. The van der Waals surface area contributed by atoms with Gasteiger partial charge in [-0.25, -0.2) is 0 Å². The van der Waals surface area contributed by atoms with Crippen LogP contribution >= 0.6 is 80.4 Å². The minimum absolute atomic E-state index is 0. The molecule has 21 heteroatoms. The van der Waals surface area contributed by atoms with Crippen LogP contribution < -0.4 is 0 Å². The molecule has 0 bridgehead atoms. The number of morpholine rings is 1. The molecule has 0 atom stereocenters. The number of piperidine rings is 1. The van der Waals surface area contributed by atoms with E-state index in [1.807, 2.05) is 84.9 Å². The molecule has 3 aliphatic rings. The quantitative estimate of drug-likeness (QED) is 0.0379. The molecule has 2 aliphatic heterocycles. The Bertz CT molecular complexity index is 2900. The van der Waals surface area contributed by atoms with E-state index < -0.39 is 24.8 Å². The molecule has 6 aromatic rings. The van der Waals surface area contributed by atoms with Gasteiger partial charge in [0.1, 0.15) is 6.61 Å². The highest BCUT2D eigenvalue weighted by molar-refractivity contribution is 7.11. The number of unbranched alkanes of at least 4 members (excludes halogenated alkanes) is 2. The lowest BCUT2D eigenvalue weighted by molar-refractivity contribution is -0.133. The van der Waals surface area contributed by atoms with Crippen LogP contribution in [0.15, 0.2) is 68.7 Å². The number of likely N-dealkylation sites (tertiary alicyclic amines) is 1. The predicted molar refractivity (Wildman–Crippen MR) is 368 cm³/mol. The molecule has 1 saturated carbocycles. The number of aryl methyl sites for hydroxylation is 6. The Morgan fingerprint density at radius 2 is 0.809 bits per heavy atom. The van der Waals surface area contributed by atoms with Gasteiger partial charge in [-0.05, 0) is 155 Å². The number of hydrogen-bond acceptors (Lipinski definition) is 17. The molecular weight excluding hydrogens is 1270 g/mol. The fourth-order valence-electron chi connectivity index (χ4n) is 9.81. The predicted octanol–water partition coefficient (Wildman–Crippen LogP) is 19.0. The molecule has 0 N–H and O–H groups in total. The highest BCUT2D eigenvalue weighted by atomic mass is 35.5. The van der Waals surface area contributed by atoms with E-state index >= 15 is 0 Å². The smallest absolute Gasteiger partial charge is 0.385 e. The normalized spacial score (nSPS) is 14.2. The Morgan fingerprint density at radius 3 is 1.16 bits per heavy atom. The maximum absolute atomic E-state index is 11.9. The zero-order valence-corrected chi connectivity index (χ0v) is 59.1. The third-order valence-corrected chi connectivity index (χ3v) is 19.9. The summed E-state index contributed by atoms with van der Waals surface area (Å²) in [7, 11) is 3.18. The molecule has 9 rings (SSSR count). The first kappa shape index (κ1) is 79.3. The number of thiophene rings is 6. The van der Waals surface area contributed by atoms with Crippen LogP contribution in [-0.2, 0) is 14.2 Å². The third kappa shape index (κ3) is 34.0. The first-order chi connectivity index (χ1) is 42.1. The van der Waals surface area contributed by atoms with E-state index in [1.54, 1.807) is 75.2 Å². The van der Waals surface area contributed by atoms with Gasteiger partial charge < -0.3 is 19.1 Å². The van der Waals surface area contributed by atoms with Gasteiger partial charge >= 0.3 is 6.18 Å². The number of alkyl halides is 3. The fraction of sp³-hybridized carbons (Fsp3) is 0.559. The zero-order valence-electron chi connectivity index (χ0n) is 53.4. The minimum Gasteiger partial charge on any atom is -0.385 e. The monoisotopic (exact) mass is 1370 g/mol. The van der Waals surface area contributed by atoms with Gasteiger partial charge in [0, 0.05) is 161 Å². The van der Waals surface area contributed by atoms with E-state index in [0.717, 1.165) is 109 Å². The van der Waals surface area contributed by atoms with Crippen LogP contribution in [0.3, 0.4) is 0 Å². The molecule has 0 aromatic carbocycles. The number of methoxy groups -OCH3 is 2. The molecule has 0 amide bonds. The van der Waals surface area contributed by atoms with E-state index in [0.29, 0.717) is 54.7 Å². The summed E-state index contributed by atoms with van der Waals surface area (Å²) in [6.07, 6.45) is 11.4. The first-order valence-corrected chi connectivity index (χ1v) is 36.0. The third-order valence-electron chi connectivity index (χ3n) is 14.7. The number of carbonyl (C=O) groups is 6. The van der Waals surface area contributed by atoms with Crippen LogP contribution in [0.1, 0.15) is 207 Å². The summed E-state index contributed by atoms with van der Waals surface area (Å²) in [6, 6.07) is 11.5. The summed E-state index contributed by atoms with van der Waals surface area (Å²) in [5.74, 6) is 1.47.